The monoisotopic (exact) mass is 240 g/mol. The second-order valence-corrected chi connectivity index (χ2v) is 3.06. The largest absolute Gasteiger partial charge is 0.545 e. The molecule has 3 nitrogen and oxygen atoms in total. The van der Waals surface area contributed by atoms with Crippen molar-refractivity contribution in [2.75, 3.05) is 0 Å². The third-order valence-electron chi connectivity index (χ3n) is 1.91. The van der Waals surface area contributed by atoms with Crippen LogP contribution in [-0.4, -0.2) is 5.97 Å². The molecule has 0 spiro atoms. The maximum atomic E-state index is 12.2. The van der Waals surface area contributed by atoms with Crippen molar-refractivity contribution in [3.05, 3.63) is 41.5 Å². The molecule has 1 rings (SSSR count). The molecule has 0 fully saturated rings. The number of rotatable bonds is 2. The molecule has 0 atom stereocenters. The number of alkyl halides is 3. The van der Waals surface area contributed by atoms with Crippen molar-refractivity contribution in [3.63, 3.8) is 0 Å². The van der Waals surface area contributed by atoms with Crippen LogP contribution >= 0.6 is 0 Å². The first-order valence-corrected chi connectivity index (χ1v) is 4.35. The summed E-state index contributed by atoms with van der Waals surface area (Å²) in [5.74, 6) is -1.58. The zero-order valence-electron chi connectivity index (χ0n) is 8.28. The second kappa shape index (κ2) is 4.70. The molecule has 0 aliphatic rings. The molecule has 0 aromatic heterocycles. The molecule has 0 amide bonds. The van der Waals surface area contributed by atoms with Crippen molar-refractivity contribution in [2.45, 2.75) is 6.18 Å². The number of nitriles is 1. The molecule has 0 saturated carbocycles. The second-order valence-electron chi connectivity index (χ2n) is 3.06. The van der Waals surface area contributed by atoms with E-state index in [0.717, 1.165) is 24.3 Å². The zero-order valence-corrected chi connectivity index (χ0v) is 8.28. The molecule has 0 unspecified atom stereocenters. The number of benzene rings is 1. The lowest BCUT2D eigenvalue weighted by Gasteiger charge is -2.07. The molecule has 0 heterocycles. The highest BCUT2D eigenvalue weighted by atomic mass is 19.4. The number of hydrogen-bond donors (Lipinski definition) is 0. The van der Waals surface area contributed by atoms with Gasteiger partial charge < -0.3 is 9.90 Å². The van der Waals surface area contributed by atoms with Gasteiger partial charge in [0.2, 0.25) is 0 Å². The van der Waals surface area contributed by atoms with E-state index < -0.39 is 17.7 Å². The number of nitrogens with zero attached hydrogens (tertiary/aromatic N) is 1. The van der Waals surface area contributed by atoms with Crippen LogP contribution in [0.3, 0.4) is 0 Å². The van der Waals surface area contributed by atoms with Crippen LogP contribution in [0.15, 0.2) is 30.3 Å². The van der Waals surface area contributed by atoms with E-state index in [0.29, 0.717) is 6.08 Å². The lowest BCUT2D eigenvalue weighted by atomic mass is 10.0. The number of carboxylic acid groups (broad SMARTS) is 1. The van der Waals surface area contributed by atoms with Gasteiger partial charge in [0.25, 0.3) is 0 Å². The average molecular weight is 240 g/mol. The van der Waals surface area contributed by atoms with Gasteiger partial charge in [-0.05, 0) is 23.8 Å². The van der Waals surface area contributed by atoms with Crippen molar-refractivity contribution < 1.29 is 23.1 Å². The third-order valence-corrected chi connectivity index (χ3v) is 1.91. The van der Waals surface area contributed by atoms with Gasteiger partial charge in [-0.3, -0.25) is 0 Å². The van der Waals surface area contributed by atoms with E-state index in [2.05, 4.69) is 0 Å². The SMILES string of the molecule is N#CC(=CC(=O)[O-])c1ccc(C(F)(F)F)cc1. The fraction of sp³-hybridized carbons (Fsp3) is 0.0909. The first-order chi connectivity index (χ1) is 7.84. The van der Waals surface area contributed by atoms with Crippen LogP contribution in [0.25, 0.3) is 5.57 Å². The highest BCUT2D eigenvalue weighted by Gasteiger charge is 2.29. The smallest absolute Gasteiger partial charge is 0.416 e. The standard InChI is InChI=1S/C11H6F3NO2/c12-11(13,14)9-3-1-7(2-4-9)8(6-15)5-10(16)17/h1-5H,(H,16,17)/p-1. The average Bonchev–Trinajstić information content (AvgIpc) is 2.24. The van der Waals surface area contributed by atoms with Gasteiger partial charge in [0.05, 0.1) is 23.2 Å². The topological polar surface area (TPSA) is 63.9 Å². The predicted octanol–water partition coefficient (Wildman–Crippen LogP) is 1.36. The minimum Gasteiger partial charge on any atom is -0.545 e. The molecule has 0 radical (unpaired) electrons. The van der Waals surface area contributed by atoms with Crippen LogP contribution in [0.4, 0.5) is 13.2 Å². The van der Waals surface area contributed by atoms with Crippen molar-refractivity contribution in [1.29, 1.82) is 5.26 Å². The summed E-state index contributed by atoms with van der Waals surface area (Å²) in [5, 5.41) is 18.9. The van der Waals surface area contributed by atoms with Gasteiger partial charge in [0.15, 0.2) is 0 Å². The van der Waals surface area contributed by atoms with Gasteiger partial charge in [0, 0.05) is 0 Å². The van der Waals surface area contributed by atoms with E-state index in [9.17, 15) is 23.1 Å². The van der Waals surface area contributed by atoms with Crippen LogP contribution in [0, 0.1) is 11.3 Å². The van der Waals surface area contributed by atoms with Gasteiger partial charge in [-0.1, -0.05) is 12.1 Å². The quantitative estimate of drug-likeness (QED) is 0.579. The zero-order chi connectivity index (χ0) is 13.1. The Hall–Kier alpha value is -2.29. The van der Waals surface area contributed by atoms with Crippen LogP contribution in [0.1, 0.15) is 11.1 Å². The normalized spacial score (nSPS) is 12.0. The summed E-state index contributed by atoms with van der Waals surface area (Å²) in [6.07, 6.45) is -3.94. The van der Waals surface area contributed by atoms with Crippen LogP contribution in [0.2, 0.25) is 0 Å². The molecule has 0 saturated heterocycles. The molecule has 0 N–H and O–H groups in total. The molecule has 6 heteroatoms. The Morgan fingerprint density at radius 3 is 2.18 bits per heavy atom. The summed E-state index contributed by atoms with van der Waals surface area (Å²) in [6, 6.07) is 5.17. The van der Waals surface area contributed by atoms with E-state index in [4.69, 9.17) is 5.26 Å². The van der Waals surface area contributed by atoms with Crippen molar-refractivity contribution in [3.8, 4) is 6.07 Å². The van der Waals surface area contributed by atoms with Crippen molar-refractivity contribution >= 4 is 11.5 Å². The summed E-state index contributed by atoms with van der Waals surface area (Å²) in [6.45, 7) is 0. The fourth-order valence-electron chi connectivity index (χ4n) is 1.14. The minimum atomic E-state index is -4.47. The Morgan fingerprint density at radius 2 is 1.82 bits per heavy atom. The Morgan fingerprint density at radius 1 is 1.29 bits per heavy atom. The summed E-state index contributed by atoms with van der Waals surface area (Å²) < 4.78 is 36.7. The summed E-state index contributed by atoms with van der Waals surface area (Å²) in [5.41, 5.74) is -1.05. The highest BCUT2D eigenvalue weighted by molar-refractivity contribution is 5.93. The van der Waals surface area contributed by atoms with Crippen LogP contribution in [-0.2, 0) is 11.0 Å². The Bertz CT molecular complexity index is 495. The Balaban J connectivity index is 3.11. The molecule has 17 heavy (non-hydrogen) atoms. The number of allylic oxidation sites excluding steroid dienone is 1. The van der Waals surface area contributed by atoms with E-state index in [1.54, 1.807) is 6.07 Å². The van der Waals surface area contributed by atoms with E-state index in [1.165, 1.54) is 0 Å². The van der Waals surface area contributed by atoms with E-state index in [1.807, 2.05) is 0 Å². The first-order valence-electron chi connectivity index (χ1n) is 4.35. The summed E-state index contributed by atoms with van der Waals surface area (Å²) in [4.78, 5) is 10.2. The lowest BCUT2D eigenvalue weighted by molar-refractivity contribution is -0.297. The maximum Gasteiger partial charge on any atom is 0.416 e. The van der Waals surface area contributed by atoms with Gasteiger partial charge in [-0.25, -0.2) is 0 Å². The van der Waals surface area contributed by atoms with Crippen molar-refractivity contribution in [1.82, 2.24) is 0 Å². The number of carbonyl (C=O) groups excluding carboxylic acids is 1. The number of aliphatic carboxylic acids is 1. The van der Waals surface area contributed by atoms with Gasteiger partial charge >= 0.3 is 6.18 Å². The Kier molecular flexibility index (Phi) is 3.53. The van der Waals surface area contributed by atoms with E-state index >= 15 is 0 Å². The molecule has 88 valence electrons. The number of halogens is 3. The maximum absolute atomic E-state index is 12.2. The molecule has 0 aliphatic carbocycles. The summed E-state index contributed by atoms with van der Waals surface area (Å²) in [7, 11) is 0. The first kappa shape index (κ1) is 12.8. The van der Waals surface area contributed by atoms with E-state index in [-0.39, 0.29) is 11.1 Å². The van der Waals surface area contributed by atoms with Crippen LogP contribution in [0.5, 0.6) is 0 Å². The summed E-state index contributed by atoms with van der Waals surface area (Å²) >= 11 is 0. The minimum absolute atomic E-state index is 0.0877. The predicted molar refractivity (Wildman–Crippen MR) is 50.0 cm³/mol. The van der Waals surface area contributed by atoms with Crippen molar-refractivity contribution in [2.24, 2.45) is 0 Å². The van der Waals surface area contributed by atoms with Gasteiger partial charge in [0.1, 0.15) is 0 Å². The number of carboxylic acids is 1. The van der Waals surface area contributed by atoms with Gasteiger partial charge in [-0.15, -0.1) is 0 Å². The molecule has 0 aliphatic heterocycles. The fourth-order valence-corrected chi connectivity index (χ4v) is 1.14. The highest BCUT2D eigenvalue weighted by Crippen LogP contribution is 2.29. The molecular formula is C11H5F3NO2-. The molecule has 0 bridgehead atoms. The van der Waals surface area contributed by atoms with Gasteiger partial charge in [-0.2, -0.15) is 18.4 Å². The molecule has 1 aromatic rings. The Labute approximate surface area is 94.4 Å². The molecular weight excluding hydrogens is 235 g/mol. The lowest BCUT2D eigenvalue weighted by Crippen LogP contribution is -2.19. The molecule has 1 aromatic carbocycles. The third kappa shape index (κ3) is 3.34. The van der Waals surface area contributed by atoms with Crippen LogP contribution < -0.4 is 5.11 Å². The number of carbonyl (C=O) groups is 1. The number of hydrogen-bond acceptors (Lipinski definition) is 3.